The monoisotopic (exact) mass is 665 g/mol. The molecule has 0 aliphatic heterocycles. The summed E-state index contributed by atoms with van der Waals surface area (Å²) >= 11 is 12.5. The van der Waals surface area contributed by atoms with E-state index in [9.17, 15) is 18.0 Å². The lowest BCUT2D eigenvalue weighted by molar-refractivity contribution is -0.140. The maximum Gasteiger partial charge on any atom is 0.264 e. The van der Waals surface area contributed by atoms with Crippen LogP contribution in [0.5, 0.6) is 0 Å². The van der Waals surface area contributed by atoms with Crippen molar-refractivity contribution in [3.05, 3.63) is 130 Å². The zero-order chi connectivity index (χ0) is 32.4. The topological polar surface area (TPSA) is 86.8 Å². The summed E-state index contributed by atoms with van der Waals surface area (Å²) in [5, 5.41) is 3.61. The van der Waals surface area contributed by atoms with E-state index in [0.29, 0.717) is 40.7 Å². The second-order valence-electron chi connectivity index (χ2n) is 10.6. The highest BCUT2D eigenvalue weighted by Crippen LogP contribution is 2.29. The van der Waals surface area contributed by atoms with E-state index in [2.05, 4.69) is 5.32 Å². The summed E-state index contributed by atoms with van der Waals surface area (Å²) in [4.78, 5) is 29.8. The van der Waals surface area contributed by atoms with Crippen LogP contribution in [0.4, 0.5) is 5.69 Å². The van der Waals surface area contributed by atoms with E-state index in [1.54, 1.807) is 48.5 Å². The molecule has 0 unspecified atom stereocenters. The first-order valence-electron chi connectivity index (χ1n) is 14.9. The van der Waals surface area contributed by atoms with Gasteiger partial charge in [0.1, 0.15) is 12.6 Å². The van der Waals surface area contributed by atoms with E-state index >= 15 is 0 Å². The van der Waals surface area contributed by atoms with E-state index < -0.39 is 28.5 Å². The molecule has 45 heavy (non-hydrogen) atoms. The van der Waals surface area contributed by atoms with E-state index in [-0.39, 0.29) is 23.8 Å². The number of sulfonamides is 1. The van der Waals surface area contributed by atoms with Crippen LogP contribution in [-0.4, -0.2) is 44.3 Å². The lowest BCUT2D eigenvalue weighted by Gasteiger charge is -2.34. The summed E-state index contributed by atoms with van der Waals surface area (Å²) in [6, 6.07) is 28.7. The highest BCUT2D eigenvalue weighted by molar-refractivity contribution is 7.92. The number of anilines is 1. The zero-order valence-corrected chi connectivity index (χ0v) is 27.7. The van der Waals surface area contributed by atoms with Gasteiger partial charge in [0.2, 0.25) is 11.8 Å². The molecule has 1 N–H and O–H groups in total. The van der Waals surface area contributed by atoms with Gasteiger partial charge in [0.05, 0.1) is 20.6 Å². The molecule has 0 saturated heterocycles. The molecule has 4 rings (SSSR count). The lowest BCUT2D eigenvalue weighted by Crippen LogP contribution is -2.53. The van der Waals surface area contributed by atoms with Crippen molar-refractivity contribution in [1.82, 2.24) is 10.2 Å². The number of carbonyl (C=O) groups excluding carboxylic acids is 2. The van der Waals surface area contributed by atoms with Gasteiger partial charge < -0.3 is 10.2 Å². The Kier molecular flexibility index (Phi) is 12.0. The fourth-order valence-electron chi connectivity index (χ4n) is 5.04. The summed E-state index contributed by atoms with van der Waals surface area (Å²) in [7, 11) is -4.17. The molecule has 236 valence electrons. The molecule has 2 amide bonds. The third-order valence-electron chi connectivity index (χ3n) is 7.41. The molecule has 7 nitrogen and oxygen atoms in total. The first-order valence-corrected chi connectivity index (χ1v) is 17.1. The van der Waals surface area contributed by atoms with E-state index in [4.69, 9.17) is 23.2 Å². The Bertz CT molecular complexity index is 1700. The van der Waals surface area contributed by atoms with Crippen molar-refractivity contribution in [2.24, 2.45) is 0 Å². The summed E-state index contributed by atoms with van der Waals surface area (Å²) in [5.41, 5.74) is 2.67. The van der Waals surface area contributed by atoms with Crippen LogP contribution in [-0.2, 0) is 39.0 Å². The van der Waals surface area contributed by atoms with Crippen LogP contribution in [0.2, 0.25) is 10.0 Å². The second-order valence-corrected chi connectivity index (χ2v) is 13.3. The molecule has 4 aromatic carbocycles. The van der Waals surface area contributed by atoms with Crippen LogP contribution in [0.1, 0.15) is 37.0 Å². The van der Waals surface area contributed by atoms with Gasteiger partial charge in [0.25, 0.3) is 10.0 Å². The highest BCUT2D eigenvalue weighted by atomic mass is 35.5. The number of aryl methyl sites for hydroxylation is 1. The van der Waals surface area contributed by atoms with Crippen molar-refractivity contribution in [1.29, 1.82) is 0 Å². The Morgan fingerprint density at radius 1 is 0.800 bits per heavy atom. The quantitative estimate of drug-likeness (QED) is 0.158. The van der Waals surface area contributed by atoms with Gasteiger partial charge >= 0.3 is 0 Å². The predicted molar refractivity (Wildman–Crippen MR) is 181 cm³/mol. The third-order valence-corrected chi connectivity index (χ3v) is 9.92. The van der Waals surface area contributed by atoms with E-state index in [1.165, 1.54) is 17.0 Å². The van der Waals surface area contributed by atoms with Gasteiger partial charge in [0.15, 0.2) is 0 Å². The summed E-state index contributed by atoms with van der Waals surface area (Å²) < 4.78 is 29.5. The van der Waals surface area contributed by atoms with Gasteiger partial charge in [-0.05, 0) is 59.9 Å². The van der Waals surface area contributed by atoms with Crippen molar-refractivity contribution >= 4 is 50.7 Å². The van der Waals surface area contributed by atoms with Crippen molar-refractivity contribution in [2.75, 3.05) is 17.4 Å². The molecule has 4 aromatic rings. The minimum atomic E-state index is -4.17. The van der Waals surface area contributed by atoms with E-state index in [0.717, 1.165) is 15.4 Å². The molecule has 0 aliphatic rings. The van der Waals surface area contributed by atoms with Crippen LogP contribution < -0.4 is 9.62 Å². The van der Waals surface area contributed by atoms with Gasteiger partial charge in [-0.2, -0.15) is 0 Å². The summed E-state index contributed by atoms with van der Waals surface area (Å²) in [6.07, 6.45) is 1.48. The zero-order valence-electron chi connectivity index (χ0n) is 25.3. The predicted octanol–water partition coefficient (Wildman–Crippen LogP) is 6.92. The molecule has 0 aromatic heterocycles. The van der Waals surface area contributed by atoms with E-state index in [1.807, 2.05) is 56.3 Å². The molecule has 0 fully saturated rings. The molecule has 0 heterocycles. The maximum atomic E-state index is 14.6. The van der Waals surface area contributed by atoms with Crippen molar-refractivity contribution in [3.63, 3.8) is 0 Å². The van der Waals surface area contributed by atoms with Crippen LogP contribution in [0, 0.1) is 0 Å². The maximum absolute atomic E-state index is 14.6. The molecule has 0 radical (unpaired) electrons. The minimum Gasteiger partial charge on any atom is -0.354 e. The number of hydrogen-bond donors (Lipinski definition) is 1. The molecular weight excluding hydrogens is 629 g/mol. The van der Waals surface area contributed by atoms with Gasteiger partial charge in [-0.1, -0.05) is 110 Å². The number of nitrogens with one attached hydrogen (secondary N) is 1. The normalized spacial score (nSPS) is 11.9. The van der Waals surface area contributed by atoms with Crippen LogP contribution in [0.25, 0.3) is 0 Å². The lowest BCUT2D eigenvalue weighted by atomic mass is 10.0. The average Bonchev–Trinajstić information content (AvgIpc) is 3.06. The smallest absolute Gasteiger partial charge is 0.264 e. The number of amides is 2. The SMILES string of the molecule is CCCNC(=O)[C@H](Cc1ccccc1)N(Cc1ccc(Cl)c(Cl)c1)C(=O)CN(c1ccccc1CC)S(=O)(=O)c1ccccc1. The first kappa shape index (κ1) is 34.0. The molecule has 0 saturated carbocycles. The Hall–Kier alpha value is -3.85. The minimum absolute atomic E-state index is 0.00141. The Morgan fingerprint density at radius 3 is 2.09 bits per heavy atom. The highest BCUT2D eigenvalue weighted by Gasteiger charge is 2.35. The number of rotatable bonds is 14. The summed E-state index contributed by atoms with van der Waals surface area (Å²) in [6.45, 7) is 3.78. The largest absolute Gasteiger partial charge is 0.354 e. The van der Waals surface area contributed by atoms with Gasteiger partial charge in [-0.3, -0.25) is 13.9 Å². The molecule has 0 bridgehead atoms. The van der Waals surface area contributed by atoms with Crippen molar-refractivity contribution in [2.45, 2.75) is 50.6 Å². The molecule has 0 aliphatic carbocycles. The number of hydrogen-bond acceptors (Lipinski definition) is 4. The van der Waals surface area contributed by atoms with Crippen LogP contribution in [0.3, 0.4) is 0 Å². The average molecular weight is 667 g/mol. The van der Waals surface area contributed by atoms with Crippen LogP contribution in [0.15, 0.2) is 108 Å². The third kappa shape index (κ3) is 8.66. The second kappa shape index (κ2) is 15.9. The van der Waals surface area contributed by atoms with Gasteiger partial charge in [0, 0.05) is 19.5 Å². The van der Waals surface area contributed by atoms with Gasteiger partial charge in [-0.15, -0.1) is 0 Å². The molecule has 10 heteroatoms. The molecule has 1 atom stereocenters. The molecule has 0 spiro atoms. The Balaban J connectivity index is 1.83. The van der Waals surface area contributed by atoms with Gasteiger partial charge in [-0.25, -0.2) is 8.42 Å². The van der Waals surface area contributed by atoms with Crippen molar-refractivity contribution < 1.29 is 18.0 Å². The van der Waals surface area contributed by atoms with Crippen LogP contribution >= 0.6 is 23.2 Å². The standard InChI is InChI=1S/C35H37Cl2N3O4S/c1-3-21-38-35(42)33(23-26-13-7-5-8-14-26)39(24-27-19-20-30(36)31(37)22-27)34(41)25-40(32-18-12-11-15-28(32)4-2)45(43,44)29-16-9-6-10-17-29/h5-20,22,33H,3-4,21,23-25H2,1-2H3,(H,38,42)/t33-/m0/s1. The first-order chi connectivity index (χ1) is 21.6. The molecular formula is C35H37Cl2N3O4S. The summed E-state index contributed by atoms with van der Waals surface area (Å²) in [5.74, 6) is -0.875. The number of carbonyl (C=O) groups is 2. The number of halogens is 2. The number of nitrogens with zero attached hydrogens (tertiary/aromatic N) is 2. The number of benzene rings is 4. The fraction of sp³-hybridized carbons (Fsp3) is 0.257. The fourth-order valence-corrected chi connectivity index (χ4v) is 6.83. The van der Waals surface area contributed by atoms with Crippen molar-refractivity contribution in [3.8, 4) is 0 Å². The Labute approximate surface area is 275 Å². The number of para-hydroxylation sites is 1. The Morgan fingerprint density at radius 2 is 1.44 bits per heavy atom.